The largest absolute Gasteiger partial charge is 0.461 e. The first-order valence-corrected chi connectivity index (χ1v) is 35.9. The second kappa shape index (κ2) is 27.7. The van der Waals surface area contributed by atoms with Crippen LogP contribution in [0.1, 0.15) is 210 Å². The highest BCUT2D eigenvalue weighted by atomic mass is 16.6. The standard InChI is InChI=1S/C36H47NO4.C28H41NO2.C9H10O2.C6H15N/c1-22-16-32-33(37(20-22)34(39)40-21-25-8-6-5-7-9-25)24(3)36(41-32)15-13-28-29-11-10-26-17-27(38)12-14-35(26,4)31(29)18-30(28)23(2)19-36;1-16-11-25-26(29-15-16)18(3)28(31-25)10-8-21-22-6-5-19-12-20(30)7-9-27(19,4)24(22)13-23(21)17(2)14-28;1-8(10)11-7-9-5-3-2-4-6-9;1-4-7(5-2)6-3/h5-9,17,22,24,28-29,31-33H,10-16,18-21H2,1-4H3;12,16,18,21-22,24-26,29H,5-11,13-15H2,1-4H3;2-6H,7H2,1H3;4-6H2,1-3H3/t22-,24+,28-,29-,31-,32+,33-,35-,36-;16-,18+,21-,22-,24-,25+,26-,27-,28-;;/m00../s1. The summed E-state index contributed by atoms with van der Waals surface area (Å²) in [5.41, 5.74) is 11.9. The molecule has 12 aliphatic rings. The number of hydrogen-bond donors (Lipinski definition) is 1. The summed E-state index contributed by atoms with van der Waals surface area (Å²) in [6.07, 6.45) is 24.2. The fourth-order valence-electron chi connectivity index (χ4n) is 20.9. The fraction of sp³-hybridized carbons (Fsp3) is 0.696. The monoisotopic (exact) mass is 1230 g/mol. The number of esters is 1. The van der Waals surface area contributed by atoms with Crippen molar-refractivity contribution in [2.75, 3.05) is 32.7 Å². The van der Waals surface area contributed by atoms with Crippen molar-refractivity contribution in [2.45, 2.75) is 247 Å². The Hall–Kier alpha value is -4.68. The van der Waals surface area contributed by atoms with Gasteiger partial charge < -0.3 is 34.1 Å². The van der Waals surface area contributed by atoms with Gasteiger partial charge in [-0.2, -0.15) is 0 Å². The molecule has 2 aromatic carbocycles. The molecule has 0 aromatic heterocycles. The van der Waals surface area contributed by atoms with Crippen LogP contribution in [0.25, 0.3) is 0 Å². The first-order valence-electron chi connectivity index (χ1n) is 35.9. The molecule has 1 amide bonds. The molecule has 492 valence electrons. The number of benzene rings is 2. The molecule has 4 heterocycles. The lowest BCUT2D eigenvalue weighted by Crippen LogP contribution is -2.54. The van der Waals surface area contributed by atoms with E-state index >= 15 is 0 Å². The van der Waals surface area contributed by atoms with E-state index in [-0.39, 0.29) is 52.2 Å². The average molecular weight is 1230 g/mol. The fourth-order valence-corrected chi connectivity index (χ4v) is 20.9. The van der Waals surface area contributed by atoms with E-state index in [9.17, 15) is 19.2 Å². The molecular formula is C79H113N3O8. The minimum atomic E-state index is -0.242. The summed E-state index contributed by atoms with van der Waals surface area (Å²) >= 11 is 0. The van der Waals surface area contributed by atoms with Crippen molar-refractivity contribution in [3.8, 4) is 0 Å². The Bertz CT molecular complexity index is 3030. The zero-order chi connectivity index (χ0) is 63.9. The van der Waals surface area contributed by atoms with Gasteiger partial charge in [0.1, 0.15) is 13.2 Å². The molecule has 4 aliphatic heterocycles. The lowest BCUT2D eigenvalue weighted by molar-refractivity contribution is -0.142. The highest BCUT2D eigenvalue weighted by Crippen LogP contribution is 2.66. The molecule has 14 rings (SSSR count). The Morgan fingerprint density at radius 3 is 1.59 bits per heavy atom. The van der Waals surface area contributed by atoms with Gasteiger partial charge in [0.15, 0.2) is 11.6 Å². The molecule has 8 aliphatic carbocycles. The molecule has 8 fully saturated rings. The summed E-state index contributed by atoms with van der Waals surface area (Å²) in [6.45, 7) is 33.3. The van der Waals surface area contributed by atoms with E-state index in [4.69, 9.17) is 18.9 Å². The van der Waals surface area contributed by atoms with Gasteiger partial charge in [0, 0.05) is 44.2 Å². The molecule has 11 heteroatoms. The number of fused-ring (bicyclic) bond motifs is 12. The van der Waals surface area contributed by atoms with Crippen LogP contribution in [0.2, 0.25) is 0 Å². The second-order valence-corrected chi connectivity index (χ2v) is 31.1. The van der Waals surface area contributed by atoms with Gasteiger partial charge in [-0.15, -0.1) is 0 Å². The molecule has 0 unspecified atom stereocenters. The number of rotatable bonds is 7. The van der Waals surface area contributed by atoms with Crippen LogP contribution in [-0.4, -0.2) is 102 Å². The summed E-state index contributed by atoms with van der Waals surface area (Å²) in [5, 5.41) is 3.85. The number of allylic oxidation sites excluding steroid dienone is 6. The van der Waals surface area contributed by atoms with Crippen molar-refractivity contribution >= 4 is 23.6 Å². The normalized spacial score (nSPS) is 38.7. The lowest BCUT2D eigenvalue weighted by atomic mass is 9.56. The summed E-state index contributed by atoms with van der Waals surface area (Å²) in [7, 11) is 0. The van der Waals surface area contributed by atoms with Crippen LogP contribution in [0, 0.1) is 70.0 Å². The van der Waals surface area contributed by atoms with E-state index in [0.29, 0.717) is 72.9 Å². The third-order valence-corrected chi connectivity index (χ3v) is 26.0. The van der Waals surface area contributed by atoms with Crippen LogP contribution in [0.4, 0.5) is 4.79 Å². The quantitative estimate of drug-likeness (QED) is 0.212. The summed E-state index contributed by atoms with van der Waals surface area (Å²) in [6, 6.07) is 20.2. The van der Waals surface area contributed by atoms with Crippen molar-refractivity contribution in [3.63, 3.8) is 0 Å². The van der Waals surface area contributed by atoms with Crippen LogP contribution in [0.5, 0.6) is 0 Å². The molecule has 90 heavy (non-hydrogen) atoms. The molecule has 0 radical (unpaired) electrons. The van der Waals surface area contributed by atoms with Crippen molar-refractivity contribution in [1.29, 1.82) is 0 Å². The van der Waals surface area contributed by atoms with Gasteiger partial charge in [-0.05, 0) is 224 Å². The minimum Gasteiger partial charge on any atom is -0.461 e. The van der Waals surface area contributed by atoms with Gasteiger partial charge in [0.05, 0.1) is 29.5 Å². The number of amides is 1. The molecule has 18 atom stereocenters. The van der Waals surface area contributed by atoms with E-state index in [2.05, 4.69) is 86.4 Å². The van der Waals surface area contributed by atoms with Crippen molar-refractivity contribution in [3.05, 3.63) is 117 Å². The van der Waals surface area contributed by atoms with Gasteiger partial charge in [-0.25, -0.2) is 4.79 Å². The van der Waals surface area contributed by atoms with Crippen LogP contribution in [-0.2, 0) is 46.5 Å². The first kappa shape index (κ1) is 66.8. The van der Waals surface area contributed by atoms with Crippen molar-refractivity contribution < 1.29 is 38.1 Å². The topological polar surface area (TPSA) is 124 Å². The van der Waals surface area contributed by atoms with E-state index in [1.54, 1.807) is 22.3 Å². The van der Waals surface area contributed by atoms with E-state index in [1.165, 1.54) is 89.1 Å². The molecule has 1 N–H and O–H groups in total. The number of nitrogens with one attached hydrogen (secondary N) is 1. The maximum Gasteiger partial charge on any atom is 0.410 e. The Morgan fingerprint density at radius 1 is 0.622 bits per heavy atom. The van der Waals surface area contributed by atoms with E-state index < -0.39 is 0 Å². The number of carbonyl (C=O) groups is 4. The van der Waals surface area contributed by atoms with Gasteiger partial charge >= 0.3 is 12.1 Å². The van der Waals surface area contributed by atoms with Gasteiger partial charge in [-0.1, -0.05) is 156 Å². The van der Waals surface area contributed by atoms with Crippen molar-refractivity contribution in [2.24, 2.45) is 70.0 Å². The second-order valence-electron chi connectivity index (χ2n) is 31.1. The zero-order valence-corrected chi connectivity index (χ0v) is 57.3. The summed E-state index contributed by atoms with van der Waals surface area (Å²) < 4.78 is 24.8. The van der Waals surface area contributed by atoms with Crippen molar-refractivity contribution in [1.82, 2.24) is 15.1 Å². The summed E-state index contributed by atoms with van der Waals surface area (Å²) in [5.74, 6) is 6.77. The first-order chi connectivity index (χ1) is 43.1. The van der Waals surface area contributed by atoms with Crippen LogP contribution in [0.3, 0.4) is 0 Å². The predicted octanol–water partition coefficient (Wildman–Crippen LogP) is 16.3. The molecule has 4 saturated carbocycles. The summed E-state index contributed by atoms with van der Waals surface area (Å²) in [4.78, 5) is 52.6. The van der Waals surface area contributed by atoms with Gasteiger partial charge in [0.2, 0.25) is 0 Å². The molecular weight excluding hydrogens is 1120 g/mol. The number of hydrogen-bond acceptors (Lipinski definition) is 10. The minimum absolute atomic E-state index is 0.0458. The van der Waals surface area contributed by atoms with Crippen LogP contribution >= 0.6 is 0 Å². The molecule has 0 bridgehead atoms. The number of piperidine rings is 2. The van der Waals surface area contributed by atoms with Gasteiger partial charge in [-0.3, -0.25) is 14.4 Å². The number of likely N-dealkylation sites (tertiary alicyclic amines) is 1. The molecule has 2 aromatic rings. The van der Waals surface area contributed by atoms with E-state index in [1.807, 2.05) is 77.7 Å². The predicted molar refractivity (Wildman–Crippen MR) is 358 cm³/mol. The van der Waals surface area contributed by atoms with Crippen LogP contribution in [0.15, 0.2) is 106 Å². The highest BCUT2D eigenvalue weighted by molar-refractivity contribution is 5.92. The third-order valence-electron chi connectivity index (χ3n) is 26.0. The number of ketones is 2. The number of carbonyl (C=O) groups excluding carboxylic acids is 4. The average Bonchev–Trinajstić information content (AvgIpc) is 1.56. The zero-order valence-electron chi connectivity index (χ0n) is 57.3. The number of nitrogens with zero attached hydrogens (tertiary/aromatic N) is 2. The lowest BCUT2D eigenvalue weighted by Gasteiger charge is -2.48. The Kier molecular flexibility index (Phi) is 20.6. The Morgan fingerprint density at radius 2 is 1.10 bits per heavy atom. The van der Waals surface area contributed by atoms with Gasteiger partial charge in [0.25, 0.3) is 0 Å². The SMILES string of the molecule is CC(=O)OCc1ccccc1.CC1=C2C[C@H]3[C@@H](CCC4=CC(=O)CC[C@@]43C)[C@@H]2CC[C@@]2(C1)O[C@@H]1C[C@H](C)CN(C(=O)OCc3ccccc3)[C@H]1[C@H]2C.CC1=C2C[C@H]3[C@@H](CCC4=CC(=O)CC[C@@]43C)[C@@H]2CC[C@@]2(C1)O[C@@H]1C[C@H](C)CN[C@H]1[C@H]2C.CCN(CC)CC. The Labute approximate surface area is 541 Å². The molecule has 2 spiro atoms. The maximum atomic E-state index is 13.5. The highest BCUT2D eigenvalue weighted by Gasteiger charge is 2.62. The molecule has 4 saturated heterocycles. The van der Waals surface area contributed by atoms with Crippen LogP contribution < -0.4 is 5.32 Å². The Balaban J connectivity index is 0.000000148. The maximum absolute atomic E-state index is 13.5. The third kappa shape index (κ3) is 13.3. The van der Waals surface area contributed by atoms with E-state index in [0.717, 1.165) is 106 Å². The smallest absolute Gasteiger partial charge is 0.410 e. The number of ether oxygens (including phenoxy) is 4. The molecule has 11 nitrogen and oxygen atoms in total.